The highest BCUT2D eigenvalue weighted by atomic mass is 16.6. The van der Waals surface area contributed by atoms with Crippen LogP contribution in [0.5, 0.6) is 0 Å². The quantitative estimate of drug-likeness (QED) is 0.190. The van der Waals surface area contributed by atoms with Gasteiger partial charge < -0.3 is 19.7 Å². The molecule has 3 aromatic rings. The van der Waals surface area contributed by atoms with Crippen LogP contribution in [0.3, 0.4) is 0 Å². The Bertz CT molecular complexity index is 1610. The van der Waals surface area contributed by atoms with Gasteiger partial charge in [0.05, 0.1) is 35.7 Å². The predicted octanol–water partition coefficient (Wildman–Crippen LogP) is 5.11. The minimum atomic E-state index is -0.890. The number of hydrogen-bond donors (Lipinski definition) is 1. The summed E-state index contributed by atoms with van der Waals surface area (Å²) in [5.41, 5.74) is 5.24. The van der Waals surface area contributed by atoms with Gasteiger partial charge in [0.1, 0.15) is 0 Å². The van der Waals surface area contributed by atoms with Gasteiger partial charge in [0.25, 0.3) is 5.69 Å². The number of carbonyl (C=O) groups is 2. The smallest absolute Gasteiger partial charge is 0.336 e. The molecule has 1 saturated heterocycles. The van der Waals surface area contributed by atoms with Crippen molar-refractivity contribution in [2.45, 2.75) is 32.7 Å². The molecule has 1 atom stereocenters. The molecule has 0 bridgehead atoms. The molecule has 0 amide bonds. The molecule has 10 heteroatoms. The number of nitrogens with zero attached hydrogens (tertiary/aromatic N) is 3. The van der Waals surface area contributed by atoms with Crippen LogP contribution in [0, 0.1) is 10.1 Å². The fourth-order valence-electron chi connectivity index (χ4n) is 6.01. The van der Waals surface area contributed by atoms with Crippen LogP contribution in [0.4, 0.5) is 11.4 Å². The second-order valence-corrected chi connectivity index (χ2v) is 11.3. The monoisotopic (exact) mass is 610 g/mol. The third-order valence-corrected chi connectivity index (χ3v) is 8.35. The Morgan fingerprint density at radius 2 is 1.53 bits per heavy atom. The number of hydrogen-bond acceptors (Lipinski definition) is 9. The summed E-state index contributed by atoms with van der Waals surface area (Å²) in [6.45, 7) is 8.44. The van der Waals surface area contributed by atoms with Crippen molar-refractivity contribution in [1.82, 2.24) is 10.2 Å². The number of allylic oxidation sites excluding steroid dienone is 2. The van der Waals surface area contributed by atoms with E-state index < -0.39 is 22.8 Å². The predicted molar refractivity (Wildman–Crippen MR) is 171 cm³/mol. The van der Waals surface area contributed by atoms with Crippen molar-refractivity contribution in [3.63, 3.8) is 0 Å². The number of esters is 2. The van der Waals surface area contributed by atoms with Crippen LogP contribution in [0.2, 0.25) is 0 Å². The molecule has 45 heavy (non-hydrogen) atoms. The molecule has 1 unspecified atom stereocenters. The van der Waals surface area contributed by atoms with Crippen molar-refractivity contribution in [3.05, 3.63) is 128 Å². The zero-order valence-corrected chi connectivity index (χ0v) is 25.8. The molecule has 5 rings (SSSR count). The maximum Gasteiger partial charge on any atom is 0.336 e. The van der Waals surface area contributed by atoms with Gasteiger partial charge in [-0.2, -0.15) is 0 Å². The molecule has 1 fully saturated rings. The van der Waals surface area contributed by atoms with Gasteiger partial charge in [-0.15, -0.1) is 0 Å². The molecule has 10 nitrogen and oxygen atoms in total. The minimum absolute atomic E-state index is 0.130. The van der Waals surface area contributed by atoms with E-state index in [-0.39, 0.29) is 23.4 Å². The second kappa shape index (κ2) is 14.2. The second-order valence-electron chi connectivity index (χ2n) is 11.3. The highest BCUT2D eigenvalue weighted by Gasteiger charge is 2.38. The number of anilines is 1. The largest absolute Gasteiger partial charge is 0.466 e. The molecular weight excluding hydrogens is 572 g/mol. The Balaban J connectivity index is 1.21. The average molecular weight is 611 g/mol. The van der Waals surface area contributed by atoms with Gasteiger partial charge in [0.15, 0.2) is 0 Å². The van der Waals surface area contributed by atoms with E-state index in [0.29, 0.717) is 23.4 Å². The number of carbonyl (C=O) groups excluding carboxylic acids is 2. The van der Waals surface area contributed by atoms with E-state index in [9.17, 15) is 19.7 Å². The lowest BCUT2D eigenvalue weighted by molar-refractivity contribution is -0.384. The third-order valence-electron chi connectivity index (χ3n) is 8.35. The van der Waals surface area contributed by atoms with E-state index in [2.05, 4.69) is 63.6 Å². The molecule has 0 spiro atoms. The summed E-state index contributed by atoms with van der Waals surface area (Å²) in [6.07, 6.45) is 0.511. The normalized spacial score (nSPS) is 17.1. The first kappa shape index (κ1) is 31.5. The Labute approximate surface area is 263 Å². The van der Waals surface area contributed by atoms with Gasteiger partial charge in [-0.05, 0) is 42.7 Å². The van der Waals surface area contributed by atoms with Crippen molar-refractivity contribution in [2.75, 3.05) is 44.8 Å². The van der Waals surface area contributed by atoms with Crippen molar-refractivity contribution in [3.8, 4) is 0 Å². The number of non-ortho nitro benzene ring substituents is 1. The average Bonchev–Trinajstić information content (AvgIpc) is 3.05. The lowest BCUT2D eigenvalue weighted by Gasteiger charge is -2.36. The molecule has 2 heterocycles. The van der Waals surface area contributed by atoms with Gasteiger partial charge in [-0.25, -0.2) is 9.59 Å². The first-order valence-electron chi connectivity index (χ1n) is 15.0. The summed E-state index contributed by atoms with van der Waals surface area (Å²) >= 11 is 0. The number of nitro benzene ring substituents is 1. The Kier molecular flexibility index (Phi) is 9.94. The molecule has 0 saturated carbocycles. The van der Waals surface area contributed by atoms with Crippen molar-refractivity contribution >= 4 is 23.3 Å². The third kappa shape index (κ3) is 7.41. The van der Waals surface area contributed by atoms with Crippen LogP contribution in [0.25, 0.3) is 0 Å². The fraction of sp³-hybridized carbons (Fsp3) is 0.314. The topological polar surface area (TPSA) is 114 Å². The summed E-state index contributed by atoms with van der Waals surface area (Å²) in [7, 11) is 1.26. The zero-order chi connectivity index (χ0) is 31.9. The number of rotatable bonds is 10. The zero-order valence-electron chi connectivity index (χ0n) is 25.8. The summed E-state index contributed by atoms with van der Waals surface area (Å²) in [6, 6.07) is 24.8. The number of dihydropyridines is 1. The molecule has 3 aromatic carbocycles. The van der Waals surface area contributed by atoms with Crippen LogP contribution in [0.1, 0.15) is 36.5 Å². The van der Waals surface area contributed by atoms with E-state index >= 15 is 0 Å². The van der Waals surface area contributed by atoms with Crippen molar-refractivity contribution < 1.29 is 24.0 Å². The molecule has 0 radical (unpaired) electrons. The molecular formula is C35H38N4O6. The van der Waals surface area contributed by atoms with E-state index in [1.54, 1.807) is 19.9 Å². The highest BCUT2D eigenvalue weighted by molar-refractivity contribution is 5.99. The number of piperazine rings is 1. The molecule has 1 N–H and O–H groups in total. The van der Waals surface area contributed by atoms with E-state index in [1.807, 2.05) is 6.07 Å². The van der Waals surface area contributed by atoms with Crippen LogP contribution in [-0.4, -0.2) is 61.7 Å². The van der Waals surface area contributed by atoms with Crippen LogP contribution < -0.4 is 10.2 Å². The Morgan fingerprint density at radius 3 is 2.18 bits per heavy atom. The highest BCUT2D eigenvalue weighted by Crippen LogP contribution is 2.40. The minimum Gasteiger partial charge on any atom is -0.466 e. The number of nitro groups is 1. The van der Waals surface area contributed by atoms with Crippen molar-refractivity contribution in [2.24, 2.45) is 0 Å². The van der Waals surface area contributed by atoms with Gasteiger partial charge >= 0.3 is 11.9 Å². The van der Waals surface area contributed by atoms with Gasteiger partial charge in [0, 0.05) is 68.4 Å². The van der Waals surface area contributed by atoms with Gasteiger partial charge in [-0.1, -0.05) is 54.6 Å². The maximum atomic E-state index is 13.5. The standard InChI is InChI=1S/C35H38N4O6/c1-24-31(34(40)44-3)33(28-10-7-11-30(22-28)39(42)43)32(25(2)36-24)35(41)45-21-16-26-12-14-29(15-13-26)38-19-17-37(18-20-38)23-27-8-5-4-6-9-27/h4-15,22,33,36H,16-21,23H2,1-3H3. The molecule has 234 valence electrons. The van der Waals surface area contributed by atoms with E-state index in [4.69, 9.17) is 9.47 Å². The number of nitrogens with one attached hydrogen (secondary N) is 1. The lowest BCUT2D eigenvalue weighted by Crippen LogP contribution is -2.45. The van der Waals surface area contributed by atoms with Gasteiger partial charge in [0.2, 0.25) is 0 Å². The Hall–Kier alpha value is -4.96. The summed E-state index contributed by atoms with van der Waals surface area (Å²) in [5, 5.41) is 14.6. The number of benzene rings is 3. The Morgan fingerprint density at radius 1 is 0.867 bits per heavy atom. The van der Waals surface area contributed by atoms with E-state index in [0.717, 1.165) is 38.3 Å². The van der Waals surface area contributed by atoms with Crippen LogP contribution in [-0.2, 0) is 32.0 Å². The summed E-state index contributed by atoms with van der Waals surface area (Å²) in [5.74, 6) is -2.12. The first-order chi connectivity index (χ1) is 21.7. The number of methoxy groups -OCH3 is 1. The van der Waals surface area contributed by atoms with Crippen LogP contribution >= 0.6 is 0 Å². The van der Waals surface area contributed by atoms with Gasteiger partial charge in [-0.3, -0.25) is 15.0 Å². The lowest BCUT2D eigenvalue weighted by atomic mass is 9.80. The van der Waals surface area contributed by atoms with Crippen molar-refractivity contribution in [1.29, 1.82) is 0 Å². The molecule has 0 aromatic heterocycles. The van der Waals surface area contributed by atoms with E-state index in [1.165, 1.54) is 36.6 Å². The molecule has 2 aliphatic heterocycles. The SMILES string of the molecule is COC(=O)C1=C(C)NC(C)=C(C(=O)OCCc2ccc(N3CCN(Cc4ccccc4)CC3)cc2)C1c1cccc([N+](=O)[O-])c1. The first-order valence-corrected chi connectivity index (χ1v) is 15.0. The molecule has 2 aliphatic rings. The summed E-state index contributed by atoms with van der Waals surface area (Å²) in [4.78, 5) is 42.2. The van der Waals surface area contributed by atoms with Crippen LogP contribution in [0.15, 0.2) is 101 Å². The maximum absolute atomic E-state index is 13.5. The summed E-state index contributed by atoms with van der Waals surface area (Å²) < 4.78 is 10.8. The fourth-order valence-corrected chi connectivity index (χ4v) is 6.01. The number of ether oxygens (including phenoxy) is 2. The molecule has 0 aliphatic carbocycles.